The average Bonchev–Trinajstić information content (AvgIpc) is 1.68. The molecule has 0 fully saturated rings. The van der Waals surface area contributed by atoms with Crippen molar-refractivity contribution in [2.24, 2.45) is 0 Å². The van der Waals surface area contributed by atoms with Gasteiger partial charge in [0.25, 0.3) is 0 Å². The molecule has 2 aliphatic heterocycles. The lowest BCUT2D eigenvalue weighted by Crippen LogP contribution is -2.35. The Morgan fingerprint density at radius 2 is 0.724 bits per heavy atom. The summed E-state index contributed by atoms with van der Waals surface area (Å²) in [5.41, 5.74) is 13.2. The van der Waals surface area contributed by atoms with E-state index in [-0.39, 0.29) is 37.3 Å². The van der Waals surface area contributed by atoms with Gasteiger partial charge in [-0.05, 0) is 116 Å². The molecule has 432 valence electrons. The highest BCUT2D eigenvalue weighted by atomic mass is 16.8. The fourth-order valence-corrected chi connectivity index (χ4v) is 13.7. The summed E-state index contributed by atoms with van der Waals surface area (Å²) in [6.07, 6.45) is 6.29. The largest absolute Gasteiger partial charge is 0.518 e. The van der Waals surface area contributed by atoms with Gasteiger partial charge in [-0.3, -0.25) is 0 Å². The number of rotatable bonds is 14. The molecule has 0 spiro atoms. The van der Waals surface area contributed by atoms with Gasteiger partial charge >= 0.3 is 12.3 Å². The third kappa shape index (κ3) is 9.01. The number of hydrogen-bond acceptors (Lipinski definition) is 11. The first kappa shape index (κ1) is 54.7. The Morgan fingerprint density at radius 3 is 1.09 bits per heavy atom. The van der Waals surface area contributed by atoms with E-state index in [0.717, 1.165) is 77.9 Å². The van der Waals surface area contributed by atoms with Crippen LogP contribution in [0.25, 0.3) is 56.0 Å². The predicted octanol–water partition coefficient (Wildman–Crippen LogP) is 17.1. The summed E-state index contributed by atoms with van der Waals surface area (Å²) >= 11 is 0. The zero-order valence-electron chi connectivity index (χ0n) is 49.1. The van der Waals surface area contributed by atoms with Crippen LogP contribution in [-0.2, 0) is 36.2 Å². The molecule has 0 saturated heterocycles. The van der Waals surface area contributed by atoms with E-state index in [9.17, 15) is 9.59 Å². The van der Waals surface area contributed by atoms with E-state index in [1.54, 1.807) is 14.2 Å². The quantitative estimate of drug-likeness (QED) is 0.0588. The maximum Gasteiger partial charge on any atom is 0.518 e. The molecule has 2 atom stereocenters. The molecule has 0 radical (unpaired) electrons. The number of fused-ring (bicyclic) bond motifs is 16. The lowest BCUT2D eigenvalue weighted by atomic mass is 9.77. The minimum absolute atomic E-state index is 0.0119. The summed E-state index contributed by atoms with van der Waals surface area (Å²) in [7, 11) is 3.30. The first-order valence-corrected chi connectivity index (χ1v) is 29.2. The summed E-state index contributed by atoms with van der Waals surface area (Å²) in [6, 6.07) is 65.5. The first-order chi connectivity index (χ1) is 42.3. The number of methoxy groups -OCH3 is 2. The van der Waals surface area contributed by atoms with Crippen molar-refractivity contribution < 1.29 is 52.2 Å². The fourth-order valence-electron chi connectivity index (χ4n) is 13.7. The number of carbonyl (C=O) groups is 2. The van der Waals surface area contributed by atoms with Crippen LogP contribution in [0.1, 0.15) is 83.3 Å². The van der Waals surface area contributed by atoms with E-state index < -0.39 is 23.5 Å². The van der Waals surface area contributed by atoms with E-state index in [1.807, 2.05) is 97.1 Å². The van der Waals surface area contributed by atoms with E-state index >= 15 is 0 Å². The van der Waals surface area contributed by atoms with E-state index in [0.29, 0.717) is 11.5 Å². The molecule has 4 aliphatic rings. The molecular weight excluding hydrogens is 1090 g/mol. The normalized spacial score (nSPS) is 17.5. The van der Waals surface area contributed by atoms with Crippen molar-refractivity contribution in [3.8, 4) is 56.8 Å². The molecule has 2 heterocycles. The van der Waals surface area contributed by atoms with Crippen molar-refractivity contribution in [1.29, 1.82) is 0 Å². The van der Waals surface area contributed by atoms with E-state index in [2.05, 4.69) is 149 Å². The molecule has 87 heavy (non-hydrogen) atoms. The zero-order chi connectivity index (χ0) is 59.7. The van der Waals surface area contributed by atoms with Crippen LogP contribution < -0.4 is 28.4 Å². The van der Waals surface area contributed by atoms with Crippen LogP contribution in [0.15, 0.2) is 206 Å². The summed E-state index contributed by atoms with van der Waals surface area (Å²) in [5.74, 6) is 4.16. The van der Waals surface area contributed by atoms with Gasteiger partial charge in [-0.15, -0.1) is 0 Å². The number of hydrogen-bond donors (Lipinski definition) is 0. The third-order valence-corrected chi connectivity index (χ3v) is 17.8. The Morgan fingerprint density at radius 1 is 0.391 bits per heavy atom. The van der Waals surface area contributed by atoms with Crippen LogP contribution in [0.4, 0.5) is 9.59 Å². The lowest BCUT2D eigenvalue weighted by molar-refractivity contribution is 0.0271. The SMILES string of the molecule is COc1ccc(C2(c3ccc(OCCOC(=O)OC(=O)OCCOc4ccc(C5(c6ccc(OC)cc6)C=Cc6c7c(c8ccccc8c6O5)-c5ccccc5C7(C)C)cc4)cc3)C=Cc3c4c(c5ccccc5c3O2)-c2ccccc2C4(C)C)cc1. The minimum Gasteiger partial charge on any atom is -0.497 e. The van der Waals surface area contributed by atoms with Gasteiger partial charge in [-0.1, -0.05) is 185 Å². The van der Waals surface area contributed by atoms with Gasteiger partial charge in [0, 0.05) is 55.0 Å². The molecule has 0 saturated carbocycles. The predicted molar refractivity (Wildman–Crippen MR) is 338 cm³/mol. The van der Waals surface area contributed by atoms with Crippen molar-refractivity contribution in [3.05, 3.63) is 262 Å². The molecule has 2 unspecified atom stereocenters. The highest BCUT2D eigenvalue weighted by Gasteiger charge is 2.46. The second-order valence-electron chi connectivity index (χ2n) is 23.3. The molecule has 10 aromatic rings. The van der Waals surface area contributed by atoms with Gasteiger partial charge in [-0.2, -0.15) is 0 Å². The standard InChI is InChI=1S/C76H62O11/c1-73(2)63-21-13-11-19-59(63)65-55-15-7-9-17-57(55)69-61(67(65)73)39-41-75(86-69,47-23-31-51(79-5)32-24-47)49-27-35-53(36-28-49)81-43-45-83-71(77)85-72(78)84-46-44-82-54-37-29-50(30-38-54)76(48-25-33-52(80-6)34-26-48)42-40-62-68-66(56-16-8-10-18-58(56)70(62)87-76)60-20-12-14-22-64(60)74(68,3)4/h7-42H,43-46H2,1-6H3. The first-order valence-electron chi connectivity index (χ1n) is 29.2. The monoisotopic (exact) mass is 1150 g/mol. The van der Waals surface area contributed by atoms with Crippen LogP contribution in [0.2, 0.25) is 0 Å². The number of carbonyl (C=O) groups excluding carboxylic acids is 2. The second kappa shape index (κ2) is 21.4. The molecule has 10 aromatic carbocycles. The zero-order valence-corrected chi connectivity index (χ0v) is 49.1. The van der Waals surface area contributed by atoms with Crippen LogP contribution in [0.5, 0.6) is 34.5 Å². The summed E-state index contributed by atoms with van der Waals surface area (Å²) in [4.78, 5) is 25.1. The van der Waals surface area contributed by atoms with Crippen LogP contribution in [0, 0.1) is 0 Å². The molecule has 0 aromatic heterocycles. The fraction of sp³-hybridized carbons (Fsp3) is 0.184. The van der Waals surface area contributed by atoms with Crippen molar-refractivity contribution in [2.45, 2.75) is 49.7 Å². The van der Waals surface area contributed by atoms with E-state index in [1.165, 1.54) is 44.5 Å². The van der Waals surface area contributed by atoms with Crippen molar-refractivity contribution in [1.82, 2.24) is 0 Å². The smallest absolute Gasteiger partial charge is 0.497 e. The van der Waals surface area contributed by atoms with Crippen LogP contribution in [0.3, 0.4) is 0 Å². The number of ether oxygens (including phenoxy) is 9. The van der Waals surface area contributed by atoms with Crippen molar-refractivity contribution >= 4 is 46.0 Å². The Bertz CT molecular complexity index is 4140. The number of benzene rings is 10. The maximum absolute atomic E-state index is 12.6. The topological polar surface area (TPSA) is 117 Å². The third-order valence-electron chi connectivity index (χ3n) is 17.8. The molecule has 2 aliphatic carbocycles. The highest BCUT2D eigenvalue weighted by molar-refractivity contribution is 6.10. The molecule has 0 amide bonds. The van der Waals surface area contributed by atoms with Crippen molar-refractivity contribution in [3.63, 3.8) is 0 Å². The summed E-state index contributed by atoms with van der Waals surface area (Å²) < 4.78 is 53.1. The Labute approximate surface area is 504 Å². The molecule has 0 N–H and O–H groups in total. The molecule has 11 nitrogen and oxygen atoms in total. The Hall–Kier alpha value is -10.3. The van der Waals surface area contributed by atoms with Crippen LogP contribution >= 0.6 is 0 Å². The molecule has 14 rings (SSSR count). The summed E-state index contributed by atoms with van der Waals surface area (Å²) in [5, 5.41) is 4.35. The Kier molecular flexibility index (Phi) is 13.4. The van der Waals surface area contributed by atoms with Gasteiger partial charge in [0.2, 0.25) is 0 Å². The Balaban J connectivity index is 0.605. The molecule has 11 heteroatoms. The lowest BCUT2D eigenvalue weighted by Gasteiger charge is -2.38. The summed E-state index contributed by atoms with van der Waals surface area (Å²) in [6.45, 7) is 8.76. The van der Waals surface area contributed by atoms with Gasteiger partial charge in [0.15, 0.2) is 11.2 Å². The molecular formula is C76H62O11. The van der Waals surface area contributed by atoms with Crippen LogP contribution in [-0.4, -0.2) is 53.0 Å². The van der Waals surface area contributed by atoms with Gasteiger partial charge < -0.3 is 42.6 Å². The highest BCUT2D eigenvalue weighted by Crippen LogP contribution is 2.60. The van der Waals surface area contributed by atoms with Crippen molar-refractivity contribution in [2.75, 3.05) is 40.6 Å². The molecule has 0 bridgehead atoms. The maximum atomic E-state index is 12.6. The van der Waals surface area contributed by atoms with Gasteiger partial charge in [0.05, 0.1) is 14.2 Å². The van der Waals surface area contributed by atoms with Gasteiger partial charge in [-0.25, -0.2) is 9.59 Å². The van der Waals surface area contributed by atoms with E-state index in [4.69, 9.17) is 42.6 Å². The minimum atomic E-state index is -1.22. The average molecular weight is 1150 g/mol. The van der Waals surface area contributed by atoms with Gasteiger partial charge in [0.1, 0.15) is 60.9 Å². The second-order valence-corrected chi connectivity index (χ2v) is 23.3.